The first kappa shape index (κ1) is 16.8. The van der Waals surface area contributed by atoms with Gasteiger partial charge in [-0.05, 0) is 57.5 Å². The van der Waals surface area contributed by atoms with Gasteiger partial charge in [0, 0.05) is 29.7 Å². The molecule has 1 atom stereocenters. The number of rotatable bonds is 5. The van der Waals surface area contributed by atoms with Crippen molar-refractivity contribution in [2.24, 2.45) is 0 Å². The van der Waals surface area contributed by atoms with E-state index in [9.17, 15) is 0 Å². The predicted octanol–water partition coefficient (Wildman–Crippen LogP) is 3.82. The molecule has 0 N–H and O–H groups in total. The Labute approximate surface area is 153 Å². The van der Waals surface area contributed by atoms with Gasteiger partial charge in [0.1, 0.15) is 17.3 Å². The zero-order valence-corrected chi connectivity index (χ0v) is 15.5. The van der Waals surface area contributed by atoms with E-state index in [4.69, 9.17) is 9.26 Å². The van der Waals surface area contributed by atoms with Crippen molar-refractivity contribution in [3.63, 3.8) is 0 Å². The lowest BCUT2D eigenvalue weighted by Gasteiger charge is -2.24. The molecule has 1 aliphatic rings. The van der Waals surface area contributed by atoms with E-state index in [0.29, 0.717) is 6.04 Å². The summed E-state index contributed by atoms with van der Waals surface area (Å²) in [7, 11) is 1.68. The second-order valence-electron chi connectivity index (χ2n) is 6.78. The van der Waals surface area contributed by atoms with Crippen LogP contribution in [0.25, 0.3) is 5.69 Å². The van der Waals surface area contributed by atoms with E-state index in [1.165, 1.54) is 12.0 Å². The van der Waals surface area contributed by atoms with Gasteiger partial charge in [0.15, 0.2) is 0 Å². The summed E-state index contributed by atoms with van der Waals surface area (Å²) in [5.41, 5.74) is 3.33. The Hall–Kier alpha value is -2.60. The highest BCUT2D eigenvalue weighted by molar-refractivity contribution is 5.38. The third-order valence-corrected chi connectivity index (χ3v) is 5.20. The van der Waals surface area contributed by atoms with Gasteiger partial charge in [0.25, 0.3) is 0 Å². The predicted molar refractivity (Wildman–Crippen MR) is 98.5 cm³/mol. The molecular weight excluding hydrogens is 328 g/mol. The maximum absolute atomic E-state index is 5.40. The number of nitrogens with zero attached hydrogens (tertiary/aromatic N) is 4. The smallest absolute Gasteiger partial charge is 0.138 e. The van der Waals surface area contributed by atoms with E-state index in [2.05, 4.69) is 31.7 Å². The summed E-state index contributed by atoms with van der Waals surface area (Å²) in [5, 5.41) is 4.14. The summed E-state index contributed by atoms with van der Waals surface area (Å²) < 4.78 is 12.8. The van der Waals surface area contributed by atoms with Gasteiger partial charge in [0.2, 0.25) is 0 Å². The normalized spacial score (nSPS) is 17.7. The molecule has 1 aliphatic heterocycles. The fraction of sp³-hybridized carbons (Fsp3) is 0.400. The average molecular weight is 352 g/mol. The number of methoxy groups -OCH3 is 1. The van der Waals surface area contributed by atoms with Gasteiger partial charge in [-0.25, -0.2) is 4.98 Å². The van der Waals surface area contributed by atoms with E-state index in [0.717, 1.165) is 48.2 Å². The molecule has 1 saturated heterocycles. The first-order valence-corrected chi connectivity index (χ1v) is 9.01. The summed E-state index contributed by atoms with van der Waals surface area (Å²) in [6.07, 6.45) is 6.18. The minimum atomic E-state index is 0.349. The van der Waals surface area contributed by atoms with Crippen LogP contribution in [-0.2, 0) is 6.54 Å². The SMILES string of the molecule is COc1ccc(-n2ccnc2CN2CCCC2c2c(C)noc2C)cc1. The maximum atomic E-state index is 5.40. The van der Waals surface area contributed by atoms with Crippen LogP contribution in [0.2, 0.25) is 0 Å². The van der Waals surface area contributed by atoms with Crippen LogP contribution in [0.15, 0.2) is 41.2 Å². The molecule has 4 rings (SSSR count). The minimum absolute atomic E-state index is 0.349. The molecule has 1 fully saturated rings. The van der Waals surface area contributed by atoms with Crippen LogP contribution in [-0.4, -0.2) is 33.3 Å². The number of aryl methyl sites for hydroxylation is 2. The molecule has 6 nitrogen and oxygen atoms in total. The quantitative estimate of drug-likeness (QED) is 0.699. The fourth-order valence-corrected chi connectivity index (χ4v) is 3.92. The Morgan fingerprint density at radius 2 is 2.04 bits per heavy atom. The van der Waals surface area contributed by atoms with Gasteiger partial charge < -0.3 is 13.8 Å². The van der Waals surface area contributed by atoms with Crippen LogP contribution in [0.4, 0.5) is 0 Å². The first-order chi connectivity index (χ1) is 12.7. The van der Waals surface area contributed by atoms with Gasteiger partial charge in [-0.2, -0.15) is 0 Å². The molecule has 1 unspecified atom stereocenters. The number of ether oxygens (including phenoxy) is 1. The van der Waals surface area contributed by atoms with Gasteiger partial charge in [-0.15, -0.1) is 0 Å². The summed E-state index contributed by atoms with van der Waals surface area (Å²) >= 11 is 0. The molecule has 0 aliphatic carbocycles. The molecular formula is C20H24N4O2. The molecule has 1 aromatic carbocycles. The molecule has 0 radical (unpaired) electrons. The highest BCUT2D eigenvalue weighted by Crippen LogP contribution is 2.36. The third kappa shape index (κ3) is 3.01. The van der Waals surface area contributed by atoms with Gasteiger partial charge >= 0.3 is 0 Å². The highest BCUT2D eigenvalue weighted by Gasteiger charge is 2.31. The number of aromatic nitrogens is 3. The zero-order valence-electron chi connectivity index (χ0n) is 15.5. The van der Waals surface area contributed by atoms with E-state index in [1.54, 1.807) is 7.11 Å². The Kier molecular flexibility index (Phi) is 4.51. The zero-order chi connectivity index (χ0) is 18.1. The number of benzene rings is 1. The Morgan fingerprint density at radius 3 is 2.73 bits per heavy atom. The van der Waals surface area contributed by atoms with Crippen molar-refractivity contribution in [1.82, 2.24) is 19.6 Å². The summed E-state index contributed by atoms with van der Waals surface area (Å²) in [6.45, 7) is 5.89. The van der Waals surface area contributed by atoms with Crippen molar-refractivity contribution in [2.75, 3.05) is 13.7 Å². The fourth-order valence-electron chi connectivity index (χ4n) is 3.92. The van der Waals surface area contributed by atoms with E-state index in [-0.39, 0.29) is 0 Å². The van der Waals surface area contributed by atoms with Crippen LogP contribution in [0.1, 0.15) is 41.7 Å². The highest BCUT2D eigenvalue weighted by atomic mass is 16.5. The van der Waals surface area contributed by atoms with Crippen LogP contribution >= 0.6 is 0 Å². The van der Waals surface area contributed by atoms with Crippen molar-refractivity contribution in [3.05, 3.63) is 59.5 Å². The van der Waals surface area contributed by atoms with Crippen LogP contribution in [0, 0.1) is 13.8 Å². The van der Waals surface area contributed by atoms with Gasteiger partial charge in [0.05, 0.1) is 19.3 Å². The Morgan fingerprint density at radius 1 is 1.23 bits per heavy atom. The van der Waals surface area contributed by atoms with E-state index < -0.39 is 0 Å². The first-order valence-electron chi connectivity index (χ1n) is 9.01. The van der Waals surface area contributed by atoms with Crippen molar-refractivity contribution in [2.45, 2.75) is 39.3 Å². The topological polar surface area (TPSA) is 56.3 Å². The lowest BCUT2D eigenvalue weighted by molar-refractivity contribution is 0.238. The third-order valence-electron chi connectivity index (χ3n) is 5.20. The second-order valence-corrected chi connectivity index (χ2v) is 6.78. The number of likely N-dealkylation sites (tertiary alicyclic amines) is 1. The van der Waals surface area contributed by atoms with Gasteiger partial charge in [-0.1, -0.05) is 5.16 Å². The van der Waals surface area contributed by atoms with Crippen LogP contribution < -0.4 is 4.74 Å². The standard InChI is InChI=1S/C20H24N4O2/c1-14-20(15(2)26-22-14)18-5-4-11-23(18)13-19-21-10-12-24(19)16-6-8-17(25-3)9-7-16/h6-10,12,18H,4-5,11,13H2,1-3H3. The molecule has 0 bridgehead atoms. The molecule has 0 saturated carbocycles. The second kappa shape index (κ2) is 6.96. The van der Waals surface area contributed by atoms with Crippen molar-refractivity contribution >= 4 is 0 Å². The van der Waals surface area contributed by atoms with Gasteiger partial charge in [-0.3, -0.25) is 4.90 Å². The Balaban J connectivity index is 1.59. The average Bonchev–Trinajstić information content (AvgIpc) is 3.37. The lowest BCUT2D eigenvalue weighted by atomic mass is 10.0. The Bertz CT molecular complexity index is 862. The monoisotopic (exact) mass is 352 g/mol. The largest absolute Gasteiger partial charge is 0.497 e. The number of hydrogen-bond acceptors (Lipinski definition) is 5. The number of hydrogen-bond donors (Lipinski definition) is 0. The summed E-state index contributed by atoms with van der Waals surface area (Å²) in [6, 6.07) is 8.41. The molecule has 0 amide bonds. The minimum Gasteiger partial charge on any atom is -0.497 e. The molecule has 26 heavy (non-hydrogen) atoms. The van der Waals surface area contributed by atoms with Crippen molar-refractivity contribution in [1.29, 1.82) is 0 Å². The summed E-state index contributed by atoms with van der Waals surface area (Å²) in [5.74, 6) is 2.82. The lowest BCUT2D eigenvalue weighted by Crippen LogP contribution is -2.25. The molecule has 3 heterocycles. The molecule has 3 aromatic rings. The van der Waals surface area contributed by atoms with Crippen molar-refractivity contribution in [3.8, 4) is 11.4 Å². The molecule has 0 spiro atoms. The van der Waals surface area contributed by atoms with Crippen LogP contribution in [0.3, 0.4) is 0 Å². The molecule has 6 heteroatoms. The van der Waals surface area contributed by atoms with Crippen molar-refractivity contribution < 1.29 is 9.26 Å². The molecule has 136 valence electrons. The summed E-state index contributed by atoms with van der Waals surface area (Å²) in [4.78, 5) is 7.09. The van der Waals surface area contributed by atoms with E-state index >= 15 is 0 Å². The van der Waals surface area contributed by atoms with Crippen LogP contribution in [0.5, 0.6) is 5.75 Å². The number of imidazole rings is 1. The molecule has 2 aromatic heterocycles. The maximum Gasteiger partial charge on any atom is 0.138 e. The van der Waals surface area contributed by atoms with E-state index in [1.807, 2.05) is 38.4 Å².